The number of nitrogens with zero attached hydrogens (tertiary/aromatic N) is 2. The number of likely N-dealkylation sites (tertiary alicyclic amines) is 1. The smallest absolute Gasteiger partial charge is 0.394 e. The van der Waals surface area contributed by atoms with Crippen molar-refractivity contribution in [3.63, 3.8) is 0 Å². The second-order valence-corrected chi connectivity index (χ2v) is 7.21. The molecule has 0 radical (unpaired) electrons. The quantitative estimate of drug-likeness (QED) is 0.897. The van der Waals surface area contributed by atoms with E-state index < -0.39 is 43.0 Å². The van der Waals surface area contributed by atoms with E-state index in [9.17, 15) is 22.8 Å². The molecule has 0 bridgehead atoms. The summed E-state index contributed by atoms with van der Waals surface area (Å²) < 4.78 is 39.2. The van der Waals surface area contributed by atoms with Gasteiger partial charge in [-0.15, -0.1) is 11.3 Å². The molecule has 1 N–H and O–H groups in total. The van der Waals surface area contributed by atoms with Gasteiger partial charge in [-0.05, 0) is 12.8 Å². The molecule has 1 amide bonds. The first-order chi connectivity index (χ1) is 11.3. The van der Waals surface area contributed by atoms with Crippen molar-refractivity contribution in [1.29, 1.82) is 0 Å². The van der Waals surface area contributed by atoms with Crippen molar-refractivity contribution in [2.24, 2.45) is 11.8 Å². The SMILES string of the molecule is O=C(O)[C@@H]1CN(C(=O)c2scnc2C2CCCC2)C[C@H]1C(F)(F)F. The van der Waals surface area contributed by atoms with Crippen LogP contribution in [0, 0.1) is 11.8 Å². The fourth-order valence-corrected chi connectivity index (χ4v) is 4.44. The first kappa shape index (κ1) is 17.2. The highest BCUT2D eigenvalue weighted by molar-refractivity contribution is 7.11. The lowest BCUT2D eigenvalue weighted by Gasteiger charge is -2.18. The van der Waals surface area contributed by atoms with Gasteiger partial charge in [-0.1, -0.05) is 12.8 Å². The molecule has 2 aliphatic rings. The van der Waals surface area contributed by atoms with Gasteiger partial charge in [-0.2, -0.15) is 13.2 Å². The molecule has 9 heteroatoms. The van der Waals surface area contributed by atoms with Crippen molar-refractivity contribution in [2.45, 2.75) is 37.8 Å². The van der Waals surface area contributed by atoms with Crippen molar-refractivity contribution in [3.05, 3.63) is 16.1 Å². The number of hydrogen-bond donors (Lipinski definition) is 1. The Bertz CT molecular complexity index is 640. The number of alkyl halides is 3. The van der Waals surface area contributed by atoms with Crippen LogP contribution in [0.15, 0.2) is 5.51 Å². The number of rotatable bonds is 3. The number of carbonyl (C=O) groups is 2. The van der Waals surface area contributed by atoms with E-state index in [-0.39, 0.29) is 5.92 Å². The van der Waals surface area contributed by atoms with Crippen molar-refractivity contribution in [2.75, 3.05) is 13.1 Å². The van der Waals surface area contributed by atoms with E-state index >= 15 is 0 Å². The zero-order chi connectivity index (χ0) is 17.5. The molecular formula is C15H17F3N2O3S. The Morgan fingerprint density at radius 2 is 1.92 bits per heavy atom. The summed E-state index contributed by atoms with van der Waals surface area (Å²) in [6.45, 7) is -1.03. The maximum absolute atomic E-state index is 13.1. The van der Waals surface area contributed by atoms with Gasteiger partial charge in [0.15, 0.2) is 0 Å². The third-order valence-corrected chi connectivity index (χ3v) is 5.71. The third-order valence-electron chi connectivity index (χ3n) is 4.88. The molecule has 1 aromatic rings. The van der Waals surface area contributed by atoms with Gasteiger partial charge in [-0.3, -0.25) is 9.59 Å². The zero-order valence-electron chi connectivity index (χ0n) is 12.8. The van der Waals surface area contributed by atoms with E-state index in [2.05, 4.69) is 4.98 Å². The minimum atomic E-state index is -4.64. The summed E-state index contributed by atoms with van der Waals surface area (Å²) in [5, 5.41) is 9.06. The maximum atomic E-state index is 13.1. The summed E-state index contributed by atoms with van der Waals surface area (Å²) in [5.41, 5.74) is 2.19. The highest BCUT2D eigenvalue weighted by Gasteiger charge is 2.53. The molecule has 1 aromatic heterocycles. The van der Waals surface area contributed by atoms with Gasteiger partial charge in [-0.25, -0.2) is 4.98 Å². The largest absolute Gasteiger partial charge is 0.481 e. The lowest BCUT2D eigenvalue weighted by atomic mass is 9.96. The Morgan fingerprint density at radius 1 is 1.25 bits per heavy atom. The lowest BCUT2D eigenvalue weighted by Crippen LogP contribution is -2.34. The van der Waals surface area contributed by atoms with E-state index in [1.807, 2.05) is 0 Å². The predicted molar refractivity (Wildman–Crippen MR) is 79.9 cm³/mol. The van der Waals surface area contributed by atoms with Gasteiger partial charge >= 0.3 is 12.1 Å². The lowest BCUT2D eigenvalue weighted by molar-refractivity contribution is -0.187. The fraction of sp³-hybridized carbons (Fsp3) is 0.667. The van der Waals surface area contributed by atoms with Crippen LogP contribution in [0.4, 0.5) is 13.2 Å². The molecule has 3 rings (SSSR count). The number of aliphatic carboxylic acids is 1. The number of halogens is 3. The van der Waals surface area contributed by atoms with E-state index in [4.69, 9.17) is 5.11 Å². The molecule has 1 aliphatic carbocycles. The number of aromatic nitrogens is 1. The number of hydrogen-bond acceptors (Lipinski definition) is 4. The van der Waals surface area contributed by atoms with Gasteiger partial charge in [0, 0.05) is 19.0 Å². The minimum Gasteiger partial charge on any atom is -0.481 e. The first-order valence-corrected chi connectivity index (χ1v) is 8.69. The van der Waals surface area contributed by atoms with Gasteiger partial charge in [0.1, 0.15) is 4.88 Å². The van der Waals surface area contributed by atoms with E-state index in [1.54, 1.807) is 0 Å². The molecule has 24 heavy (non-hydrogen) atoms. The van der Waals surface area contributed by atoms with Crippen LogP contribution in [-0.4, -0.2) is 46.1 Å². The molecule has 132 valence electrons. The normalized spacial score (nSPS) is 25.4. The Morgan fingerprint density at radius 3 is 2.46 bits per heavy atom. The molecule has 1 saturated carbocycles. The van der Waals surface area contributed by atoms with Crippen LogP contribution in [0.3, 0.4) is 0 Å². The van der Waals surface area contributed by atoms with Crippen LogP contribution < -0.4 is 0 Å². The van der Waals surface area contributed by atoms with Gasteiger partial charge in [0.25, 0.3) is 5.91 Å². The summed E-state index contributed by atoms with van der Waals surface area (Å²) in [4.78, 5) is 29.4. The monoisotopic (exact) mass is 362 g/mol. The van der Waals surface area contributed by atoms with Gasteiger partial charge < -0.3 is 10.0 Å². The van der Waals surface area contributed by atoms with Crippen molar-refractivity contribution >= 4 is 23.2 Å². The number of carboxylic acids is 1. The Hall–Kier alpha value is -1.64. The molecule has 1 saturated heterocycles. The van der Waals surface area contributed by atoms with Crippen molar-refractivity contribution in [1.82, 2.24) is 9.88 Å². The number of thiazole rings is 1. The highest BCUT2D eigenvalue weighted by Crippen LogP contribution is 2.40. The van der Waals surface area contributed by atoms with Crippen LogP contribution in [0.1, 0.15) is 47.0 Å². The van der Waals surface area contributed by atoms with Crippen LogP contribution in [0.5, 0.6) is 0 Å². The second-order valence-electron chi connectivity index (χ2n) is 6.35. The molecule has 0 spiro atoms. The first-order valence-electron chi connectivity index (χ1n) is 7.81. The van der Waals surface area contributed by atoms with Crippen LogP contribution in [0.2, 0.25) is 0 Å². The van der Waals surface area contributed by atoms with Crippen LogP contribution in [-0.2, 0) is 4.79 Å². The van der Waals surface area contributed by atoms with Crippen LogP contribution in [0.25, 0.3) is 0 Å². The molecule has 0 unspecified atom stereocenters. The molecule has 2 atom stereocenters. The summed E-state index contributed by atoms with van der Waals surface area (Å²) in [7, 11) is 0. The Balaban J connectivity index is 1.81. The standard InChI is InChI=1S/C15H17F3N2O3S/c16-15(17,18)10-6-20(5-9(10)14(22)23)13(21)12-11(19-7-24-12)8-3-1-2-4-8/h7-10H,1-6H2,(H,22,23)/t9-,10-/m1/s1. The fourth-order valence-electron chi connectivity index (χ4n) is 3.60. The topological polar surface area (TPSA) is 70.5 Å². The zero-order valence-corrected chi connectivity index (χ0v) is 13.6. The highest BCUT2D eigenvalue weighted by atomic mass is 32.1. The molecule has 2 fully saturated rings. The van der Waals surface area contributed by atoms with Crippen molar-refractivity contribution in [3.8, 4) is 0 Å². The minimum absolute atomic E-state index is 0.173. The molecule has 5 nitrogen and oxygen atoms in total. The number of carbonyl (C=O) groups excluding carboxylic acids is 1. The number of amides is 1. The second kappa shape index (κ2) is 6.34. The Labute approximate surface area is 140 Å². The molecule has 2 heterocycles. The van der Waals surface area contributed by atoms with E-state index in [0.29, 0.717) is 10.6 Å². The summed E-state index contributed by atoms with van der Waals surface area (Å²) in [5.74, 6) is -5.52. The van der Waals surface area contributed by atoms with Gasteiger partial charge in [0.05, 0.1) is 23.0 Å². The van der Waals surface area contributed by atoms with E-state index in [1.165, 1.54) is 5.51 Å². The summed E-state index contributed by atoms with van der Waals surface area (Å²) >= 11 is 1.12. The number of carboxylic acid groups (broad SMARTS) is 1. The predicted octanol–water partition coefficient (Wildman–Crippen LogP) is 3.14. The Kier molecular flexibility index (Phi) is 4.54. The van der Waals surface area contributed by atoms with Gasteiger partial charge in [0.2, 0.25) is 0 Å². The van der Waals surface area contributed by atoms with Crippen LogP contribution >= 0.6 is 11.3 Å². The molecular weight excluding hydrogens is 345 g/mol. The average Bonchev–Trinajstić information content (AvgIpc) is 3.23. The van der Waals surface area contributed by atoms with Crippen molar-refractivity contribution < 1.29 is 27.9 Å². The maximum Gasteiger partial charge on any atom is 0.394 e. The van der Waals surface area contributed by atoms with E-state index in [0.717, 1.165) is 41.9 Å². The third kappa shape index (κ3) is 3.13. The summed E-state index contributed by atoms with van der Waals surface area (Å²) in [6.07, 6.45) is -0.687. The molecule has 0 aromatic carbocycles. The average molecular weight is 362 g/mol. The summed E-state index contributed by atoms with van der Waals surface area (Å²) in [6, 6.07) is 0. The molecule has 1 aliphatic heterocycles.